The molecule has 3 aromatic rings. The summed E-state index contributed by atoms with van der Waals surface area (Å²) in [6, 6.07) is 18.2. The van der Waals surface area contributed by atoms with E-state index in [4.69, 9.17) is 23.2 Å². The number of carbonyl (C=O) groups is 3. The van der Waals surface area contributed by atoms with Crippen LogP contribution in [0.15, 0.2) is 66.7 Å². The molecule has 2 atom stereocenters. The van der Waals surface area contributed by atoms with Gasteiger partial charge in [0.1, 0.15) is 5.82 Å². The number of anilines is 1. The maximum atomic E-state index is 13.9. The first kappa shape index (κ1) is 26.2. The molecule has 0 aromatic heterocycles. The van der Waals surface area contributed by atoms with Gasteiger partial charge in [-0.1, -0.05) is 59.6 Å². The van der Waals surface area contributed by atoms with Crippen LogP contribution in [0.3, 0.4) is 0 Å². The van der Waals surface area contributed by atoms with Crippen molar-refractivity contribution in [2.45, 2.75) is 38.4 Å². The van der Waals surface area contributed by atoms with E-state index in [2.05, 4.69) is 5.32 Å². The molecule has 2 aliphatic heterocycles. The molecule has 9 heteroatoms. The number of amides is 3. The Balaban J connectivity index is 1.39. The maximum absolute atomic E-state index is 13.9. The van der Waals surface area contributed by atoms with Crippen molar-refractivity contribution in [3.8, 4) is 0 Å². The summed E-state index contributed by atoms with van der Waals surface area (Å²) >= 11 is 12.1. The first-order valence-corrected chi connectivity index (χ1v) is 13.2. The molecule has 5 rings (SSSR count). The van der Waals surface area contributed by atoms with Gasteiger partial charge in [-0.25, -0.2) is 4.39 Å². The summed E-state index contributed by atoms with van der Waals surface area (Å²) in [5.41, 5.74) is 3.03. The highest BCUT2D eigenvalue weighted by atomic mass is 35.5. The third-order valence-corrected chi connectivity index (χ3v) is 7.70. The lowest BCUT2D eigenvalue weighted by atomic mass is 9.92. The fourth-order valence-corrected chi connectivity index (χ4v) is 5.53. The zero-order chi connectivity index (χ0) is 26.8. The van der Waals surface area contributed by atoms with E-state index in [9.17, 15) is 18.8 Å². The lowest BCUT2D eigenvalue weighted by Crippen LogP contribution is -2.35. The number of rotatable bonds is 7. The van der Waals surface area contributed by atoms with E-state index in [0.717, 1.165) is 29.7 Å². The van der Waals surface area contributed by atoms with E-state index >= 15 is 0 Å². The van der Waals surface area contributed by atoms with Crippen molar-refractivity contribution in [1.29, 1.82) is 0 Å². The van der Waals surface area contributed by atoms with Gasteiger partial charge in [0.05, 0.1) is 17.0 Å². The molecular formula is C29H26Cl2FN3O3. The van der Waals surface area contributed by atoms with Crippen LogP contribution in [0.2, 0.25) is 10.0 Å². The largest absolute Gasteiger partial charge is 0.352 e. The molecule has 38 heavy (non-hydrogen) atoms. The van der Waals surface area contributed by atoms with Crippen LogP contribution in [0.25, 0.3) is 0 Å². The molecule has 0 spiro atoms. The molecule has 2 aliphatic rings. The highest BCUT2D eigenvalue weighted by Gasteiger charge is 2.45. The molecule has 0 aliphatic carbocycles. The van der Waals surface area contributed by atoms with Gasteiger partial charge in [0.25, 0.3) is 0 Å². The maximum Gasteiger partial charge on any atom is 0.228 e. The third-order valence-electron chi connectivity index (χ3n) is 7.16. The SMILES string of the molecule is O=C(NCc1ccccc1CN1CCCC1=O)[C@H]1CC(=O)N(c2ccc(F)c(Cl)c2)[C@@H]1c1ccc(Cl)cc1. The zero-order valence-electron chi connectivity index (χ0n) is 20.5. The van der Waals surface area contributed by atoms with Crippen LogP contribution in [0.5, 0.6) is 0 Å². The van der Waals surface area contributed by atoms with Gasteiger partial charge in [0, 0.05) is 43.2 Å². The molecule has 1 N–H and O–H groups in total. The molecule has 0 saturated carbocycles. The smallest absolute Gasteiger partial charge is 0.228 e. The van der Waals surface area contributed by atoms with Gasteiger partial charge in [-0.15, -0.1) is 0 Å². The van der Waals surface area contributed by atoms with Crippen molar-refractivity contribution in [1.82, 2.24) is 10.2 Å². The Kier molecular flexibility index (Phi) is 7.68. The van der Waals surface area contributed by atoms with E-state index in [1.165, 1.54) is 23.1 Å². The second-order valence-electron chi connectivity index (χ2n) is 9.57. The molecule has 3 aromatic carbocycles. The van der Waals surface area contributed by atoms with Crippen LogP contribution in [0.4, 0.5) is 10.1 Å². The predicted octanol–water partition coefficient (Wildman–Crippen LogP) is 5.67. The van der Waals surface area contributed by atoms with Crippen molar-refractivity contribution < 1.29 is 18.8 Å². The molecule has 3 amide bonds. The number of halogens is 3. The van der Waals surface area contributed by atoms with E-state index in [1.54, 1.807) is 24.3 Å². The summed E-state index contributed by atoms with van der Waals surface area (Å²) in [7, 11) is 0. The fraction of sp³-hybridized carbons (Fsp3) is 0.276. The summed E-state index contributed by atoms with van der Waals surface area (Å²) in [4.78, 5) is 42.2. The molecule has 2 heterocycles. The molecule has 6 nitrogen and oxygen atoms in total. The van der Waals surface area contributed by atoms with Gasteiger partial charge in [0.2, 0.25) is 17.7 Å². The lowest BCUT2D eigenvalue weighted by molar-refractivity contribution is -0.128. The minimum Gasteiger partial charge on any atom is -0.352 e. The van der Waals surface area contributed by atoms with E-state index < -0.39 is 17.8 Å². The second kappa shape index (κ2) is 11.1. The Hall–Kier alpha value is -3.42. The highest BCUT2D eigenvalue weighted by Crippen LogP contribution is 2.42. The summed E-state index contributed by atoms with van der Waals surface area (Å²) < 4.78 is 13.9. The number of nitrogens with zero attached hydrogens (tertiary/aromatic N) is 2. The van der Waals surface area contributed by atoms with Crippen molar-refractivity contribution in [3.05, 3.63) is 99.3 Å². The number of nitrogens with one attached hydrogen (secondary N) is 1. The van der Waals surface area contributed by atoms with Gasteiger partial charge < -0.3 is 15.1 Å². The normalized spacial score (nSPS) is 19.3. The Morgan fingerprint density at radius 2 is 1.71 bits per heavy atom. The first-order valence-electron chi connectivity index (χ1n) is 12.5. The molecular weight excluding hydrogens is 528 g/mol. The highest BCUT2D eigenvalue weighted by molar-refractivity contribution is 6.31. The number of hydrogen-bond donors (Lipinski definition) is 1. The van der Waals surface area contributed by atoms with Gasteiger partial charge in [-0.3, -0.25) is 14.4 Å². The van der Waals surface area contributed by atoms with Crippen molar-refractivity contribution in [3.63, 3.8) is 0 Å². The molecule has 2 saturated heterocycles. The standard InChI is InChI=1S/C29H26Cl2FN3O3/c30-21-9-7-18(8-10-21)28-23(15-27(37)35(28)22-11-12-25(32)24(31)14-22)29(38)33-16-19-4-1-2-5-20(19)17-34-13-3-6-26(34)36/h1-2,4-5,7-12,14,23,28H,3,6,13,15-17H2,(H,33,38)/t23-,28+/m0/s1. The van der Waals surface area contributed by atoms with Crippen LogP contribution in [-0.4, -0.2) is 29.2 Å². The van der Waals surface area contributed by atoms with Crippen LogP contribution in [0, 0.1) is 11.7 Å². The molecule has 196 valence electrons. The van der Waals surface area contributed by atoms with Crippen molar-refractivity contribution in [2.24, 2.45) is 5.92 Å². The van der Waals surface area contributed by atoms with E-state index in [-0.39, 0.29) is 35.7 Å². The first-order chi connectivity index (χ1) is 18.3. The Morgan fingerprint density at radius 1 is 0.974 bits per heavy atom. The molecule has 0 unspecified atom stereocenters. The lowest BCUT2D eigenvalue weighted by Gasteiger charge is -2.29. The quantitative estimate of drug-likeness (QED) is 0.410. The minimum absolute atomic E-state index is 0.0158. The molecule has 0 radical (unpaired) electrons. The Morgan fingerprint density at radius 3 is 2.39 bits per heavy atom. The summed E-state index contributed by atoms with van der Waals surface area (Å²) in [5, 5.41) is 3.43. The average Bonchev–Trinajstić information content (AvgIpc) is 3.47. The number of carbonyl (C=O) groups excluding carboxylic acids is 3. The number of hydrogen-bond acceptors (Lipinski definition) is 3. The summed E-state index contributed by atoms with van der Waals surface area (Å²) in [5.74, 6) is -1.68. The van der Waals surface area contributed by atoms with Crippen LogP contribution in [0.1, 0.15) is 42.0 Å². The topological polar surface area (TPSA) is 69.7 Å². The fourth-order valence-electron chi connectivity index (χ4n) is 5.22. The van der Waals surface area contributed by atoms with Crippen molar-refractivity contribution in [2.75, 3.05) is 11.4 Å². The van der Waals surface area contributed by atoms with Gasteiger partial charge in [-0.05, 0) is 53.4 Å². The molecule has 2 fully saturated rings. The van der Waals surface area contributed by atoms with E-state index in [0.29, 0.717) is 23.7 Å². The zero-order valence-corrected chi connectivity index (χ0v) is 22.0. The monoisotopic (exact) mass is 553 g/mol. The predicted molar refractivity (Wildman–Crippen MR) is 144 cm³/mol. The summed E-state index contributed by atoms with van der Waals surface area (Å²) in [6.07, 6.45) is 1.41. The molecule has 0 bridgehead atoms. The number of likely N-dealkylation sites (tertiary alicyclic amines) is 1. The van der Waals surface area contributed by atoms with Gasteiger partial charge in [-0.2, -0.15) is 0 Å². The van der Waals surface area contributed by atoms with Crippen LogP contribution in [-0.2, 0) is 27.5 Å². The second-order valence-corrected chi connectivity index (χ2v) is 10.4. The van der Waals surface area contributed by atoms with Crippen LogP contribution >= 0.6 is 23.2 Å². The minimum atomic E-state index is -0.695. The van der Waals surface area contributed by atoms with Gasteiger partial charge in [0.15, 0.2) is 0 Å². The van der Waals surface area contributed by atoms with Crippen LogP contribution < -0.4 is 10.2 Å². The average molecular weight is 554 g/mol. The third kappa shape index (κ3) is 5.40. The van der Waals surface area contributed by atoms with Crippen molar-refractivity contribution >= 4 is 46.6 Å². The van der Waals surface area contributed by atoms with E-state index in [1.807, 2.05) is 29.2 Å². The van der Waals surface area contributed by atoms with Gasteiger partial charge >= 0.3 is 0 Å². The Bertz CT molecular complexity index is 1380. The Labute approximate surface area is 230 Å². The number of benzene rings is 3. The summed E-state index contributed by atoms with van der Waals surface area (Å²) in [6.45, 7) is 1.49.